The number of aromatic amines is 1. The van der Waals surface area contributed by atoms with Gasteiger partial charge in [-0.2, -0.15) is 0 Å². The van der Waals surface area contributed by atoms with Gasteiger partial charge in [-0.15, -0.1) is 0 Å². The molecule has 2 N–H and O–H groups in total. The highest BCUT2D eigenvalue weighted by molar-refractivity contribution is 5.90. The number of hydrogen-bond donors (Lipinski definition) is 2. The second kappa shape index (κ2) is 5.89. The standard InChI is InChI=1S/C17H17N3O2/c1-3-22-16(21)12-5-4-6-13(10-12)18-17-19-14-8-7-11(2)9-15(14)20-17/h4-10H,3H2,1-2H3,(H2,18,19,20). The second-order valence-corrected chi connectivity index (χ2v) is 5.03. The van der Waals surface area contributed by atoms with Crippen LogP contribution in [0, 0.1) is 6.92 Å². The summed E-state index contributed by atoms with van der Waals surface area (Å²) in [6.45, 7) is 4.19. The van der Waals surface area contributed by atoms with E-state index in [1.165, 1.54) is 5.56 Å². The van der Waals surface area contributed by atoms with Crippen molar-refractivity contribution in [1.29, 1.82) is 0 Å². The number of fused-ring (bicyclic) bond motifs is 1. The molecular formula is C17H17N3O2. The molecule has 0 spiro atoms. The van der Waals surface area contributed by atoms with Crippen molar-refractivity contribution in [2.45, 2.75) is 13.8 Å². The maximum absolute atomic E-state index is 11.8. The van der Waals surface area contributed by atoms with Gasteiger partial charge in [-0.25, -0.2) is 9.78 Å². The Morgan fingerprint density at radius 3 is 2.95 bits per heavy atom. The zero-order chi connectivity index (χ0) is 15.5. The minimum atomic E-state index is -0.327. The lowest BCUT2D eigenvalue weighted by atomic mass is 10.2. The lowest BCUT2D eigenvalue weighted by Crippen LogP contribution is -2.05. The highest BCUT2D eigenvalue weighted by Gasteiger charge is 2.08. The van der Waals surface area contributed by atoms with Crippen LogP contribution < -0.4 is 5.32 Å². The van der Waals surface area contributed by atoms with E-state index in [1.807, 2.05) is 31.2 Å². The summed E-state index contributed by atoms with van der Waals surface area (Å²) in [6, 6.07) is 13.2. The van der Waals surface area contributed by atoms with Crippen LogP contribution in [0.2, 0.25) is 0 Å². The molecule has 0 aliphatic heterocycles. The highest BCUT2D eigenvalue weighted by atomic mass is 16.5. The fraction of sp³-hybridized carbons (Fsp3) is 0.176. The first kappa shape index (κ1) is 14.1. The zero-order valence-electron chi connectivity index (χ0n) is 12.5. The van der Waals surface area contributed by atoms with Gasteiger partial charge in [-0.1, -0.05) is 12.1 Å². The number of ether oxygens (including phenoxy) is 1. The van der Waals surface area contributed by atoms with Gasteiger partial charge >= 0.3 is 5.97 Å². The SMILES string of the molecule is CCOC(=O)c1cccc(Nc2nc3ccc(C)cc3[nH]2)c1. The molecule has 1 aromatic heterocycles. The molecule has 0 unspecified atom stereocenters. The van der Waals surface area contributed by atoms with Gasteiger partial charge in [0.25, 0.3) is 0 Å². The fourth-order valence-electron chi connectivity index (χ4n) is 2.26. The summed E-state index contributed by atoms with van der Waals surface area (Å²) in [6.07, 6.45) is 0. The summed E-state index contributed by atoms with van der Waals surface area (Å²) in [5.41, 5.74) is 4.34. The third kappa shape index (κ3) is 2.93. The van der Waals surface area contributed by atoms with E-state index < -0.39 is 0 Å². The van der Waals surface area contributed by atoms with Gasteiger partial charge in [-0.05, 0) is 49.7 Å². The maximum atomic E-state index is 11.8. The Hall–Kier alpha value is -2.82. The summed E-state index contributed by atoms with van der Waals surface area (Å²) < 4.78 is 5.00. The number of carbonyl (C=O) groups excluding carboxylic acids is 1. The predicted octanol–water partition coefficient (Wildman–Crippen LogP) is 3.79. The number of nitrogens with zero attached hydrogens (tertiary/aromatic N) is 1. The molecule has 5 heteroatoms. The van der Waals surface area contributed by atoms with E-state index in [0.29, 0.717) is 18.1 Å². The van der Waals surface area contributed by atoms with Crippen LogP contribution >= 0.6 is 0 Å². The molecule has 0 fully saturated rings. The van der Waals surface area contributed by atoms with Crippen LogP contribution in [0.25, 0.3) is 11.0 Å². The molecule has 0 atom stereocenters. The smallest absolute Gasteiger partial charge is 0.338 e. The Morgan fingerprint density at radius 1 is 1.27 bits per heavy atom. The highest BCUT2D eigenvalue weighted by Crippen LogP contribution is 2.20. The number of aromatic nitrogens is 2. The zero-order valence-corrected chi connectivity index (χ0v) is 12.5. The van der Waals surface area contributed by atoms with E-state index in [0.717, 1.165) is 16.7 Å². The van der Waals surface area contributed by atoms with E-state index >= 15 is 0 Å². The number of carbonyl (C=O) groups is 1. The van der Waals surface area contributed by atoms with Crippen molar-refractivity contribution >= 4 is 28.6 Å². The minimum Gasteiger partial charge on any atom is -0.462 e. The monoisotopic (exact) mass is 295 g/mol. The summed E-state index contributed by atoms with van der Waals surface area (Å²) in [5.74, 6) is 0.313. The van der Waals surface area contributed by atoms with Crippen LogP contribution in [0.15, 0.2) is 42.5 Å². The summed E-state index contributed by atoms with van der Waals surface area (Å²) >= 11 is 0. The van der Waals surface area contributed by atoms with E-state index in [4.69, 9.17) is 4.74 Å². The number of H-pyrrole nitrogens is 1. The lowest BCUT2D eigenvalue weighted by molar-refractivity contribution is 0.0526. The van der Waals surface area contributed by atoms with Crippen molar-refractivity contribution in [3.63, 3.8) is 0 Å². The van der Waals surface area contributed by atoms with E-state index in [9.17, 15) is 4.79 Å². The van der Waals surface area contributed by atoms with Gasteiger partial charge in [0.05, 0.1) is 23.2 Å². The number of aryl methyl sites for hydroxylation is 1. The largest absolute Gasteiger partial charge is 0.462 e. The maximum Gasteiger partial charge on any atom is 0.338 e. The molecule has 0 saturated heterocycles. The average Bonchev–Trinajstić information content (AvgIpc) is 2.89. The number of esters is 1. The summed E-state index contributed by atoms with van der Waals surface area (Å²) in [7, 11) is 0. The molecule has 0 radical (unpaired) electrons. The van der Waals surface area contributed by atoms with Crippen LogP contribution in [0.5, 0.6) is 0 Å². The van der Waals surface area contributed by atoms with Gasteiger partial charge in [0.2, 0.25) is 5.95 Å². The Bertz CT molecular complexity index is 824. The molecular weight excluding hydrogens is 278 g/mol. The molecule has 2 aromatic carbocycles. The van der Waals surface area contributed by atoms with Crippen molar-refractivity contribution in [3.05, 3.63) is 53.6 Å². The third-order valence-corrected chi connectivity index (χ3v) is 3.27. The van der Waals surface area contributed by atoms with Crippen LogP contribution in [0.3, 0.4) is 0 Å². The first-order valence-corrected chi connectivity index (χ1v) is 7.16. The molecule has 22 heavy (non-hydrogen) atoms. The van der Waals surface area contributed by atoms with Gasteiger partial charge in [-0.3, -0.25) is 0 Å². The van der Waals surface area contributed by atoms with Crippen molar-refractivity contribution in [3.8, 4) is 0 Å². The Kier molecular flexibility index (Phi) is 3.78. The quantitative estimate of drug-likeness (QED) is 0.719. The molecule has 0 aliphatic rings. The number of imidazole rings is 1. The first-order chi connectivity index (χ1) is 10.7. The normalized spacial score (nSPS) is 10.6. The molecule has 112 valence electrons. The van der Waals surface area contributed by atoms with Crippen molar-refractivity contribution in [1.82, 2.24) is 9.97 Å². The third-order valence-electron chi connectivity index (χ3n) is 3.27. The van der Waals surface area contributed by atoms with E-state index in [1.54, 1.807) is 25.1 Å². The molecule has 3 rings (SSSR count). The lowest BCUT2D eigenvalue weighted by Gasteiger charge is -2.05. The van der Waals surface area contributed by atoms with Crippen LogP contribution in [0.4, 0.5) is 11.6 Å². The van der Waals surface area contributed by atoms with Gasteiger partial charge in [0.1, 0.15) is 0 Å². The fourth-order valence-corrected chi connectivity index (χ4v) is 2.26. The molecule has 1 heterocycles. The number of hydrogen-bond acceptors (Lipinski definition) is 4. The molecule has 3 aromatic rings. The van der Waals surface area contributed by atoms with E-state index in [2.05, 4.69) is 15.3 Å². The van der Waals surface area contributed by atoms with Gasteiger partial charge in [0.15, 0.2) is 0 Å². The van der Waals surface area contributed by atoms with Crippen molar-refractivity contribution < 1.29 is 9.53 Å². The first-order valence-electron chi connectivity index (χ1n) is 7.16. The summed E-state index contributed by atoms with van der Waals surface area (Å²) in [5, 5.41) is 3.18. The van der Waals surface area contributed by atoms with Crippen LogP contribution in [-0.4, -0.2) is 22.5 Å². The van der Waals surface area contributed by atoms with Crippen LogP contribution in [-0.2, 0) is 4.74 Å². The Balaban J connectivity index is 1.85. The van der Waals surface area contributed by atoms with Gasteiger partial charge < -0.3 is 15.0 Å². The topological polar surface area (TPSA) is 67.0 Å². The van der Waals surface area contributed by atoms with Crippen LogP contribution in [0.1, 0.15) is 22.8 Å². The van der Waals surface area contributed by atoms with Crippen molar-refractivity contribution in [2.24, 2.45) is 0 Å². The minimum absolute atomic E-state index is 0.327. The second-order valence-electron chi connectivity index (χ2n) is 5.03. The molecule has 0 bridgehead atoms. The molecule has 0 saturated carbocycles. The molecule has 0 amide bonds. The average molecular weight is 295 g/mol. The molecule has 5 nitrogen and oxygen atoms in total. The van der Waals surface area contributed by atoms with Gasteiger partial charge in [0, 0.05) is 5.69 Å². The van der Waals surface area contributed by atoms with E-state index in [-0.39, 0.29) is 5.97 Å². The predicted molar refractivity (Wildman–Crippen MR) is 86.5 cm³/mol. The number of anilines is 2. The molecule has 0 aliphatic carbocycles. The Labute approximate surface area is 128 Å². The number of benzene rings is 2. The number of rotatable bonds is 4. The summed E-state index contributed by atoms with van der Waals surface area (Å²) in [4.78, 5) is 19.5. The van der Waals surface area contributed by atoms with Crippen molar-refractivity contribution in [2.75, 3.05) is 11.9 Å². The number of nitrogens with one attached hydrogen (secondary N) is 2. The Morgan fingerprint density at radius 2 is 2.14 bits per heavy atom.